The van der Waals surface area contributed by atoms with Crippen molar-refractivity contribution in [2.45, 2.75) is 37.9 Å². The van der Waals surface area contributed by atoms with Crippen LogP contribution in [0.2, 0.25) is 5.02 Å². The molecule has 2 aromatic rings. The number of sulfonamides is 1. The van der Waals surface area contributed by atoms with Gasteiger partial charge in [0.05, 0.1) is 4.90 Å². The summed E-state index contributed by atoms with van der Waals surface area (Å²) in [4.78, 5) is -0.131. The van der Waals surface area contributed by atoms with Crippen LogP contribution in [0.5, 0.6) is 0 Å². The summed E-state index contributed by atoms with van der Waals surface area (Å²) in [5.74, 6) is 0. The van der Waals surface area contributed by atoms with Crippen molar-refractivity contribution in [2.24, 2.45) is 0 Å². The fraction of sp³-hybridized carbons (Fsp3) is 0.333. The predicted octanol–water partition coefficient (Wildman–Crippen LogP) is 4.59. The maximum absolute atomic E-state index is 13.4. The molecule has 2 aromatic carbocycles. The zero-order chi connectivity index (χ0) is 20.4. The lowest BCUT2D eigenvalue weighted by Gasteiger charge is -2.23. The molecule has 2 N–H and O–H groups in total. The number of halogens is 4. The van der Waals surface area contributed by atoms with E-state index in [9.17, 15) is 21.6 Å². The molecular formula is C18H20ClF3N2O2S. The van der Waals surface area contributed by atoms with Crippen LogP contribution in [0.4, 0.5) is 18.9 Å². The molecule has 0 aliphatic carbocycles. The second kappa shape index (κ2) is 8.08. The van der Waals surface area contributed by atoms with Crippen molar-refractivity contribution in [2.75, 3.05) is 11.9 Å². The highest BCUT2D eigenvalue weighted by Gasteiger charge is 2.42. The van der Waals surface area contributed by atoms with Crippen molar-refractivity contribution >= 4 is 27.3 Å². The molecular weight excluding hydrogens is 401 g/mol. The minimum Gasteiger partial charge on any atom is -0.383 e. The van der Waals surface area contributed by atoms with Gasteiger partial charge >= 0.3 is 6.18 Å². The molecule has 0 saturated heterocycles. The molecule has 1 atom stereocenters. The minimum absolute atomic E-state index is 0.131. The van der Waals surface area contributed by atoms with Crippen LogP contribution < -0.4 is 10.0 Å². The van der Waals surface area contributed by atoms with Gasteiger partial charge in [0.15, 0.2) is 0 Å². The Bertz CT molecular complexity index is 890. The van der Waals surface area contributed by atoms with Crippen molar-refractivity contribution in [1.29, 1.82) is 0 Å². The molecule has 148 valence electrons. The van der Waals surface area contributed by atoms with E-state index in [0.717, 1.165) is 5.56 Å². The van der Waals surface area contributed by atoms with Crippen molar-refractivity contribution in [3.63, 3.8) is 0 Å². The topological polar surface area (TPSA) is 58.2 Å². The molecule has 0 bridgehead atoms. The highest BCUT2D eigenvalue weighted by molar-refractivity contribution is 7.89. The van der Waals surface area contributed by atoms with Gasteiger partial charge in [-0.3, -0.25) is 0 Å². The van der Waals surface area contributed by atoms with Gasteiger partial charge in [0.1, 0.15) is 6.04 Å². The van der Waals surface area contributed by atoms with Crippen LogP contribution in [0.25, 0.3) is 0 Å². The van der Waals surface area contributed by atoms with Crippen LogP contribution in [0.3, 0.4) is 0 Å². The van der Waals surface area contributed by atoms with Crippen LogP contribution in [-0.4, -0.2) is 27.2 Å². The first kappa shape index (κ1) is 21.5. The Hall–Kier alpha value is -1.77. The summed E-state index contributed by atoms with van der Waals surface area (Å²) in [6.07, 6.45) is -4.76. The van der Waals surface area contributed by atoms with Crippen LogP contribution in [0.1, 0.15) is 16.7 Å². The Morgan fingerprint density at radius 2 is 1.56 bits per heavy atom. The fourth-order valence-corrected chi connectivity index (χ4v) is 4.65. The molecule has 0 amide bonds. The number of hydrogen-bond donors (Lipinski definition) is 2. The maximum atomic E-state index is 13.4. The maximum Gasteiger partial charge on any atom is 0.406 e. The second-order valence-electron chi connectivity index (χ2n) is 6.33. The zero-order valence-corrected chi connectivity index (χ0v) is 16.6. The third kappa shape index (κ3) is 5.60. The Balaban J connectivity index is 2.26. The molecule has 0 aromatic heterocycles. The molecule has 0 saturated carbocycles. The highest BCUT2D eigenvalue weighted by Crippen LogP contribution is 2.26. The van der Waals surface area contributed by atoms with E-state index < -0.39 is 28.8 Å². The first-order chi connectivity index (χ1) is 12.4. The van der Waals surface area contributed by atoms with Gasteiger partial charge in [-0.2, -0.15) is 17.9 Å². The first-order valence-corrected chi connectivity index (χ1v) is 9.92. The average molecular weight is 421 g/mol. The monoisotopic (exact) mass is 420 g/mol. The number of aryl methyl sites for hydroxylation is 3. The summed E-state index contributed by atoms with van der Waals surface area (Å²) in [5.41, 5.74) is 2.02. The highest BCUT2D eigenvalue weighted by atomic mass is 35.5. The molecule has 1 unspecified atom stereocenters. The zero-order valence-electron chi connectivity index (χ0n) is 15.0. The van der Waals surface area contributed by atoms with Crippen LogP contribution >= 0.6 is 11.6 Å². The van der Waals surface area contributed by atoms with Gasteiger partial charge in [-0.25, -0.2) is 8.42 Å². The lowest BCUT2D eigenvalue weighted by molar-refractivity contribution is -0.148. The van der Waals surface area contributed by atoms with Crippen LogP contribution in [0, 0.1) is 20.8 Å². The first-order valence-electron chi connectivity index (χ1n) is 8.06. The van der Waals surface area contributed by atoms with E-state index in [-0.39, 0.29) is 4.90 Å². The summed E-state index contributed by atoms with van der Waals surface area (Å²) >= 11 is 5.74. The van der Waals surface area contributed by atoms with Crippen LogP contribution in [0.15, 0.2) is 41.3 Å². The Morgan fingerprint density at radius 3 is 2.04 bits per heavy atom. The van der Waals surface area contributed by atoms with E-state index in [1.807, 2.05) is 0 Å². The third-order valence-corrected chi connectivity index (χ3v) is 5.95. The van der Waals surface area contributed by atoms with E-state index in [1.165, 1.54) is 24.3 Å². The number of anilines is 1. The summed E-state index contributed by atoms with van der Waals surface area (Å²) in [7, 11) is -4.36. The van der Waals surface area contributed by atoms with E-state index in [1.54, 1.807) is 37.6 Å². The van der Waals surface area contributed by atoms with Gasteiger partial charge in [0.2, 0.25) is 10.0 Å². The summed E-state index contributed by atoms with van der Waals surface area (Å²) < 4.78 is 67.3. The van der Waals surface area contributed by atoms with Gasteiger partial charge < -0.3 is 5.32 Å². The molecule has 0 spiro atoms. The quantitative estimate of drug-likeness (QED) is 0.718. The summed E-state index contributed by atoms with van der Waals surface area (Å²) in [6.45, 7) is 4.25. The molecule has 27 heavy (non-hydrogen) atoms. The number of hydrogen-bond acceptors (Lipinski definition) is 3. The molecule has 0 fully saturated rings. The van der Waals surface area contributed by atoms with E-state index in [0.29, 0.717) is 21.8 Å². The number of alkyl halides is 3. The standard InChI is InChI=1S/C18H20ClF3N2O2S/c1-11-8-12(2)17(13(3)9-11)27(25,26)24-16(18(20,21)22)10-23-15-6-4-14(19)5-7-15/h4-9,16,23-24H,10H2,1-3H3. The smallest absolute Gasteiger partial charge is 0.383 e. The Kier molecular flexibility index (Phi) is 6.44. The van der Waals surface area contributed by atoms with Gasteiger partial charge in [-0.15, -0.1) is 0 Å². The van der Waals surface area contributed by atoms with Crippen molar-refractivity contribution in [3.8, 4) is 0 Å². The SMILES string of the molecule is Cc1cc(C)c(S(=O)(=O)NC(CNc2ccc(Cl)cc2)C(F)(F)F)c(C)c1. The second-order valence-corrected chi connectivity index (χ2v) is 8.42. The Morgan fingerprint density at radius 1 is 1.04 bits per heavy atom. The summed E-state index contributed by atoms with van der Waals surface area (Å²) in [5, 5.41) is 3.03. The molecule has 0 aliphatic rings. The van der Waals surface area contributed by atoms with Crippen molar-refractivity contribution in [3.05, 3.63) is 58.1 Å². The molecule has 9 heteroatoms. The average Bonchev–Trinajstić information content (AvgIpc) is 2.50. The fourth-order valence-electron chi connectivity index (χ4n) is 2.85. The normalized spacial score (nSPS) is 13.4. The third-order valence-electron chi connectivity index (χ3n) is 3.92. The molecule has 0 heterocycles. The number of benzene rings is 2. The minimum atomic E-state index is -4.76. The van der Waals surface area contributed by atoms with E-state index >= 15 is 0 Å². The molecule has 0 radical (unpaired) electrons. The predicted molar refractivity (Wildman–Crippen MR) is 101 cm³/mol. The van der Waals surface area contributed by atoms with Crippen molar-refractivity contribution < 1.29 is 21.6 Å². The van der Waals surface area contributed by atoms with Gasteiger partial charge in [-0.05, 0) is 56.2 Å². The summed E-state index contributed by atoms with van der Waals surface area (Å²) in [6, 6.07) is 7.02. The lowest BCUT2D eigenvalue weighted by Crippen LogP contribution is -2.49. The lowest BCUT2D eigenvalue weighted by atomic mass is 10.1. The number of nitrogens with one attached hydrogen (secondary N) is 2. The van der Waals surface area contributed by atoms with E-state index in [4.69, 9.17) is 11.6 Å². The van der Waals surface area contributed by atoms with Crippen molar-refractivity contribution in [1.82, 2.24) is 4.72 Å². The number of rotatable bonds is 6. The molecule has 0 aliphatic heterocycles. The van der Waals surface area contributed by atoms with E-state index in [2.05, 4.69) is 5.32 Å². The Labute approximate surface area is 161 Å². The van der Waals surface area contributed by atoms with Gasteiger partial charge in [0.25, 0.3) is 0 Å². The van der Waals surface area contributed by atoms with Gasteiger partial charge in [0, 0.05) is 17.3 Å². The molecule has 4 nitrogen and oxygen atoms in total. The largest absolute Gasteiger partial charge is 0.406 e. The van der Waals surface area contributed by atoms with Crippen LogP contribution in [-0.2, 0) is 10.0 Å². The van der Waals surface area contributed by atoms with Gasteiger partial charge in [-0.1, -0.05) is 29.3 Å². The molecule has 2 rings (SSSR count).